The third kappa shape index (κ3) is 0.970. The second-order valence-corrected chi connectivity index (χ2v) is 3.05. The summed E-state index contributed by atoms with van der Waals surface area (Å²) < 4.78 is 0. The number of aliphatic imine (C=N–C) groups is 2. The summed E-state index contributed by atoms with van der Waals surface area (Å²) in [5, 5.41) is 8.53. The summed E-state index contributed by atoms with van der Waals surface area (Å²) in [6, 6.07) is 0. The number of hydrogen-bond acceptors (Lipinski definition) is 4. The first-order valence-electron chi connectivity index (χ1n) is 2.98. The number of amidine groups is 1. The highest BCUT2D eigenvalue weighted by atomic mass is 32.2. The average Bonchev–Trinajstić information content (AvgIpc) is 2.40. The number of fused-ring (bicyclic) bond motifs is 1. The zero-order valence-electron chi connectivity index (χ0n) is 5.44. The van der Waals surface area contributed by atoms with Crippen LogP contribution >= 0.6 is 11.8 Å². The SMILES string of the molecule is O=C(O)C1=NC2=NCSC2=C1. The quantitative estimate of drug-likeness (QED) is 0.620. The van der Waals surface area contributed by atoms with Crippen LogP contribution in [0.15, 0.2) is 21.0 Å². The molecule has 0 aliphatic carbocycles. The molecule has 0 radical (unpaired) electrons. The largest absolute Gasteiger partial charge is 0.477 e. The van der Waals surface area contributed by atoms with E-state index in [1.54, 1.807) is 6.08 Å². The van der Waals surface area contributed by atoms with Crippen LogP contribution in [0.2, 0.25) is 0 Å². The summed E-state index contributed by atoms with van der Waals surface area (Å²) in [7, 11) is 0. The molecule has 0 aromatic carbocycles. The highest BCUT2D eigenvalue weighted by molar-refractivity contribution is 8.04. The molecule has 2 rings (SSSR count). The molecule has 0 fully saturated rings. The van der Waals surface area contributed by atoms with Crippen LogP contribution in [0.25, 0.3) is 0 Å². The van der Waals surface area contributed by atoms with E-state index in [1.807, 2.05) is 0 Å². The van der Waals surface area contributed by atoms with Crippen LogP contribution in [0.1, 0.15) is 0 Å². The normalized spacial score (nSPS) is 20.5. The Kier molecular flexibility index (Phi) is 1.32. The monoisotopic (exact) mass is 168 g/mol. The summed E-state index contributed by atoms with van der Waals surface area (Å²) in [4.78, 5) is 19.1. The van der Waals surface area contributed by atoms with E-state index in [0.29, 0.717) is 11.7 Å². The summed E-state index contributed by atoms with van der Waals surface area (Å²) >= 11 is 1.51. The first-order chi connectivity index (χ1) is 5.27. The fourth-order valence-corrected chi connectivity index (χ4v) is 1.64. The summed E-state index contributed by atoms with van der Waals surface area (Å²) in [5.41, 5.74) is 0.0888. The lowest BCUT2D eigenvalue weighted by Crippen LogP contribution is -2.07. The third-order valence-corrected chi connectivity index (χ3v) is 2.24. The van der Waals surface area contributed by atoms with Gasteiger partial charge in [-0.2, -0.15) is 0 Å². The van der Waals surface area contributed by atoms with Crippen LogP contribution in [-0.4, -0.2) is 28.5 Å². The van der Waals surface area contributed by atoms with Crippen molar-refractivity contribution in [2.24, 2.45) is 9.98 Å². The maximum Gasteiger partial charge on any atom is 0.354 e. The summed E-state index contributed by atoms with van der Waals surface area (Å²) in [6.07, 6.45) is 1.55. The van der Waals surface area contributed by atoms with Gasteiger partial charge >= 0.3 is 5.97 Å². The van der Waals surface area contributed by atoms with Crippen LogP contribution in [0.3, 0.4) is 0 Å². The van der Waals surface area contributed by atoms with Gasteiger partial charge in [0.25, 0.3) is 0 Å². The van der Waals surface area contributed by atoms with Crippen molar-refractivity contribution in [1.82, 2.24) is 0 Å². The van der Waals surface area contributed by atoms with Gasteiger partial charge in [0, 0.05) is 0 Å². The molecule has 0 aromatic heterocycles. The van der Waals surface area contributed by atoms with Gasteiger partial charge in [0.2, 0.25) is 0 Å². The van der Waals surface area contributed by atoms with Crippen molar-refractivity contribution in [3.63, 3.8) is 0 Å². The van der Waals surface area contributed by atoms with Crippen molar-refractivity contribution in [2.45, 2.75) is 0 Å². The number of carboxylic acid groups (broad SMARTS) is 1. The maximum absolute atomic E-state index is 10.4. The zero-order chi connectivity index (χ0) is 7.84. The second-order valence-electron chi connectivity index (χ2n) is 2.07. The maximum atomic E-state index is 10.4. The van der Waals surface area contributed by atoms with Gasteiger partial charge in [-0.3, -0.25) is 4.99 Å². The van der Waals surface area contributed by atoms with E-state index >= 15 is 0 Å². The lowest BCUT2D eigenvalue weighted by atomic mass is 10.4. The number of aliphatic carboxylic acids is 1. The van der Waals surface area contributed by atoms with Gasteiger partial charge in [0.05, 0.1) is 10.8 Å². The van der Waals surface area contributed by atoms with Crippen LogP contribution in [0.4, 0.5) is 0 Å². The first-order valence-corrected chi connectivity index (χ1v) is 3.97. The number of thioether (sulfide) groups is 1. The molecule has 0 spiro atoms. The predicted molar refractivity (Wildman–Crippen MR) is 43.0 cm³/mol. The van der Waals surface area contributed by atoms with E-state index in [0.717, 1.165) is 4.91 Å². The van der Waals surface area contributed by atoms with E-state index in [9.17, 15) is 4.79 Å². The van der Waals surface area contributed by atoms with E-state index in [2.05, 4.69) is 9.98 Å². The van der Waals surface area contributed by atoms with Crippen LogP contribution in [0, 0.1) is 0 Å². The third-order valence-electron chi connectivity index (χ3n) is 1.37. The van der Waals surface area contributed by atoms with Crippen LogP contribution in [-0.2, 0) is 4.79 Å². The molecule has 0 amide bonds. The van der Waals surface area contributed by atoms with Gasteiger partial charge in [-0.25, -0.2) is 9.79 Å². The molecule has 2 heterocycles. The van der Waals surface area contributed by atoms with Crippen molar-refractivity contribution in [3.05, 3.63) is 11.0 Å². The van der Waals surface area contributed by atoms with Gasteiger partial charge in [-0.05, 0) is 6.08 Å². The van der Waals surface area contributed by atoms with Gasteiger partial charge in [-0.15, -0.1) is 0 Å². The van der Waals surface area contributed by atoms with Crippen molar-refractivity contribution in [3.8, 4) is 0 Å². The molecule has 1 N–H and O–H groups in total. The molecule has 0 saturated heterocycles. The molecule has 56 valence electrons. The molecule has 0 aromatic rings. The minimum atomic E-state index is -0.991. The lowest BCUT2D eigenvalue weighted by molar-refractivity contribution is -0.129. The Morgan fingerprint density at radius 1 is 1.73 bits per heavy atom. The standard InChI is InChI=1S/C6H4N2O2S/c9-6(10)3-1-4-5(8-3)7-2-11-4/h1H,2H2,(H,9,10). The highest BCUT2D eigenvalue weighted by Gasteiger charge is 2.23. The molecule has 0 atom stereocenters. The van der Waals surface area contributed by atoms with E-state index in [1.165, 1.54) is 11.8 Å². The number of carbonyl (C=O) groups is 1. The minimum Gasteiger partial charge on any atom is -0.477 e. The van der Waals surface area contributed by atoms with Crippen molar-refractivity contribution in [2.75, 3.05) is 5.88 Å². The molecular formula is C6H4N2O2S. The fraction of sp³-hybridized carbons (Fsp3) is 0.167. The van der Waals surface area contributed by atoms with E-state index < -0.39 is 5.97 Å². The van der Waals surface area contributed by atoms with Crippen LogP contribution in [0.5, 0.6) is 0 Å². The first kappa shape index (κ1) is 6.60. The minimum absolute atomic E-state index is 0.0888. The molecule has 4 nitrogen and oxygen atoms in total. The Morgan fingerprint density at radius 2 is 2.55 bits per heavy atom. The Labute approximate surface area is 66.7 Å². The Hall–Kier alpha value is -1.10. The van der Waals surface area contributed by atoms with E-state index in [-0.39, 0.29) is 5.71 Å². The smallest absolute Gasteiger partial charge is 0.354 e. The topological polar surface area (TPSA) is 62.0 Å². The van der Waals surface area contributed by atoms with Gasteiger partial charge in [0.15, 0.2) is 11.5 Å². The lowest BCUT2D eigenvalue weighted by Gasteiger charge is -1.84. The molecule has 5 heteroatoms. The molecule has 2 aliphatic heterocycles. The Bertz CT molecular complexity index is 314. The summed E-state index contributed by atoms with van der Waals surface area (Å²) in [5.74, 6) is 0.250. The highest BCUT2D eigenvalue weighted by Crippen LogP contribution is 2.28. The van der Waals surface area contributed by atoms with Gasteiger partial charge in [0.1, 0.15) is 0 Å². The Balaban J connectivity index is 2.38. The van der Waals surface area contributed by atoms with Crippen LogP contribution < -0.4 is 0 Å². The number of nitrogens with zero attached hydrogens (tertiary/aromatic N) is 2. The van der Waals surface area contributed by atoms with Crippen molar-refractivity contribution < 1.29 is 9.90 Å². The second kappa shape index (κ2) is 2.20. The zero-order valence-corrected chi connectivity index (χ0v) is 6.26. The average molecular weight is 168 g/mol. The van der Waals surface area contributed by atoms with E-state index in [4.69, 9.17) is 5.11 Å². The number of hydrogen-bond donors (Lipinski definition) is 1. The van der Waals surface area contributed by atoms with Gasteiger partial charge in [-0.1, -0.05) is 11.8 Å². The molecule has 0 unspecified atom stereocenters. The molecule has 11 heavy (non-hydrogen) atoms. The molecule has 0 saturated carbocycles. The number of rotatable bonds is 1. The van der Waals surface area contributed by atoms with Crippen molar-refractivity contribution >= 4 is 29.3 Å². The molecule has 2 aliphatic rings. The Morgan fingerprint density at radius 3 is 3.18 bits per heavy atom. The molecular weight excluding hydrogens is 164 g/mol. The predicted octanol–water partition coefficient (Wildman–Crippen LogP) is 0.512. The fourth-order valence-electron chi connectivity index (χ4n) is 0.882. The summed E-state index contributed by atoms with van der Waals surface area (Å²) in [6.45, 7) is 0. The molecule has 0 bridgehead atoms. The van der Waals surface area contributed by atoms with Crippen molar-refractivity contribution in [1.29, 1.82) is 0 Å². The van der Waals surface area contributed by atoms with Gasteiger partial charge < -0.3 is 5.11 Å². The number of carboxylic acids is 1.